The molecule has 1 aromatic heterocycles. The summed E-state index contributed by atoms with van der Waals surface area (Å²) in [6.07, 6.45) is 10.3. The molecule has 1 N–H and O–H groups in total. The fourth-order valence-electron chi connectivity index (χ4n) is 1.97. The Hall–Kier alpha value is -1.34. The number of imidazole rings is 1. The van der Waals surface area contributed by atoms with Crippen molar-refractivity contribution in [1.82, 2.24) is 4.98 Å². The smallest absolute Gasteiger partial charge is 0.256 e. The molecule has 0 fully saturated rings. The molecule has 1 rings (SSSR count). The number of aromatic nitrogens is 2. The van der Waals surface area contributed by atoms with Crippen LogP contribution in [0.1, 0.15) is 44.9 Å². The van der Waals surface area contributed by atoms with Crippen molar-refractivity contribution in [3.05, 3.63) is 18.2 Å². The molecule has 0 amide bonds. The van der Waals surface area contributed by atoms with Crippen LogP contribution in [0, 0.1) is 11.3 Å². The van der Waals surface area contributed by atoms with Crippen molar-refractivity contribution in [2.45, 2.75) is 52.0 Å². The van der Waals surface area contributed by atoms with E-state index in [0.717, 1.165) is 39.0 Å². The molecular weight excluding hydrogens is 226 g/mol. The molecule has 1 aromatic rings. The summed E-state index contributed by atoms with van der Waals surface area (Å²) in [4.78, 5) is 3.27. The highest BCUT2D eigenvalue weighted by Gasteiger charge is 2.09. The van der Waals surface area contributed by atoms with Crippen molar-refractivity contribution < 1.29 is 9.30 Å². The van der Waals surface area contributed by atoms with E-state index in [4.69, 9.17) is 10.00 Å². The number of rotatable bonds is 10. The van der Waals surface area contributed by atoms with E-state index in [1.807, 2.05) is 13.1 Å². The van der Waals surface area contributed by atoms with Crippen molar-refractivity contribution in [1.29, 1.82) is 5.26 Å². The van der Waals surface area contributed by atoms with Crippen molar-refractivity contribution in [3.63, 3.8) is 0 Å². The molecule has 0 bridgehead atoms. The summed E-state index contributed by atoms with van der Waals surface area (Å²) in [6.45, 7) is 4.63. The molecule has 0 aliphatic heterocycles. The molecule has 100 valence electrons. The summed E-state index contributed by atoms with van der Waals surface area (Å²) in [5, 5.41) is 8.44. The number of H-pyrrole nitrogens is 1. The molecule has 4 heteroatoms. The van der Waals surface area contributed by atoms with Crippen molar-refractivity contribution >= 4 is 0 Å². The molecule has 0 saturated heterocycles. The third kappa shape index (κ3) is 5.83. The lowest BCUT2D eigenvalue weighted by atomic mass is 10.1. The van der Waals surface area contributed by atoms with E-state index in [-0.39, 0.29) is 0 Å². The summed E-state index contributed by atoms with van der Waals surface area (Å²) in [5.74, 6) is 1.24. The van der Waals surface area contributed by atoms with Gasteiger partial charge < -0.3 is 4.74 Å². The third-order valence-corrected chi connectivity index (χ3v) is 2.98. The Morgan fingerprint density at radius 2 is 2.17 bits per heavy atom. The number of nitrogens with one attached hydrogen (secondary N) is 1. The lowest BCUT2D eigenvalue weighted by molar-refractivity contribution is -0.703. The van der Waals surface area contributed by atoms with Crippen molar-refractivity contribution in [2.75, 3.05) is 13.2 Å². The first-order valence-electron chi connectivity index (χ1n) is 6.89. The Labute approximate surface area is 110 Å². The Kier molecular flexibility index (Phi) is 7.90. The van der Waals surface area contributed by atoms with Gasteiger partial charge in [-0.2, -0.15) is 5.26 Å². The number of unbranched alkanes of at least 4 members (excludes halogenated alkanes) is 4. The predicted molar refractivity (Wildman–Crippen MR) is 69.9 cm³/mol. The number of hydrogen-bond acceptors (Lipinski definition) is 2. The van der Waals surface area contributed by atoms with E-state index in [1.54, 1.807) is 0 Å². The predicted octanol–water partition coefficient (Wildman–Crippen LogP) is 2.36. The first kappa shape index (κ1) is 14.7. The van der Waals surface area contributed by atoms with Crippen LogP contribution >= 0.6 is 0 Å². The Morgan fingerprint density at radius 1 is 1.33 bits per heavy atom. The quantitative estimate of drug-likeness (QED) is 0.512. The van der Waals surface area contributed by atoms with Gasteiger partial charge in [0.1, 0.15) is 12.4 Å². The van der Waals surface area contributed by atoms with Gasteiger partial charge in [0.05, 0.1) is 25.6 Å². The van der Waals surface area contributed by atoms with E-state index in [0.29, 0.717) is 6.42 Å². The lowest BCUT2D eigenvalue weighted by Gasteiger charge is -2.02. The minimum Gasteiger partial charge on any atom is -0.381 e. The first-order chi connectivity index (χ1) is 8.88. The monoisotopic (exact) mass is 250 g/mol. The highest BCUT2D eigenvalue weighted by molar-refractivity contribution is 4.77. The maximum absolute atomic E-state index is 8.44. The van der Waals surface area contributed by atoms with E-state index in [9.17, 15) is 0 Å². The SMILES string of the molecule is CCOCCc1[nH]cc[n+]1CCCCCCC#N. The molecule has 0 aliphatic rings. The zero-order valence-electron chi connectivity index (χ0n) is 11.3. The molecule has 1 heterocycles. The van der Waals surface area contributed by atoms with Gasteiger partial charge in [-0.1, -0.05) is 6.42 Å². The third-order valence-electron chi connectivity index (χ3n) is 2.98. The lowest BCUT2D eigenvalue weighted by Crippen LogP contribution is -2.36. The second kappa shape index (κ2) is 9.67. The largest absolute Gasteiger partial charge is 0.381 e. The minimum absolute atomic E-state index is 0.691. The standard InChI is InChI=1S/C14H23N3O/c1-2-18-13-8-14-16-10-12-17(14)11-7-5-3-4-6-9-15/h10,12H,2-8,11,13H2,1H3/p+1. The van der Waals surface area contributed by atoms with Crippen LogP contribution in [0.25, 0.3) is 0 Å². The van der Waals surface area contributed by atoms with E-state index in [2.05, 4.69) is 21.8 Å². The van der Waals surface area contributed by atoms with Gasteiger partial charge in [-0.25, -0.2) is 9.55 Å². The molecule has 0 saturated carbocycles. The van der Waals surface area contributed by atoms with Gasteiger partial charge in [-0.05, 0) is 26.2 Å². The molecule has 18 heavy (non-hydrogen) atoms. The van der Waals surface area contributed by atoms with Crippen LogP contribution in [0.15, 0.2) is 12.4 Å². The zero-order valence-corrected chi connectivity index (χ0v) is 11.3. The van der Waals surface area contributed by atoms with E-state index >= 15 is 0 Å². The molecule has 0 aliphatic carbocycles. The molecular formula is C14H24N3O+. The van der Waals surface area contributed by atoms with Crippen LogP contribution in [-0.2, 0) is 17.7 Å². The summed E-state index contributed by atoms with van der Waals surface area (Å²) in [5.41, 5.74) is 0. The van der Waals surface area contributed by atoms with Crippen LogP contribution in [0.4, 0.5) is 0 Å². The second-order valence-corrected chi connectivity index (χ2v) is 4.37. The number of aromatic amines is 1. The van der Waals surface area contributed by atoms with E-state index in [1.165, 1.54) is 18.7 Å². The Bertz CT molecular complexity index is 354. The van der Waals surface area contributed by atoms with Crippen LogP contribution in [-0.4, -0.2) is 18.2 Å². The maximum atomic E-state index is 8.44. The molecule has 0 radical (unpaired) electrons. The number of ether oxygens (including phenoxy) is 1. The summed E-state index contributed by atoms with van der Waals surface area (Å²) in [6, 6.07) is 2.19. The van der Waals surface area contributed by atoms with Gasteiger partial charge in [-0.3, -0.25) is 0 Å². The number of nitrogens with zero attached hydrogens (tertiary/aromatic N) is 2. The fourth-order valence-corrected chi connectivity index (χ4v) is 1.97. The van der Waals surface area contributed by atoms with Gasteiger partial charge in [0, 0.05) is 13.0 Å². The van der Waals surface area contributed by atoms with Gasteiger partial charge in [-0.15, -0.1) is 0 Å². The second-order valence-electron chi connectivity index (χ2n) is 4.37. The van der Waals surface area contributed by atoms with Crippen LogP contribution in [0.2, 0.25) is 0 Å². The van der Waals surface area contributed by atoms with Crippen LogP contribution in [0.3, 0.4) is 0 Å². The molecule has 0 unspecified atom stereocenters. The molecule has 4 nitrogen and oxygen atoms in total. The van der Waals surface area contributed by atoms with Gasteiger partial charge >= 0.3 is 0 Å². The molecule has 0 spiro atoms. The summed E-state index contributed by atoms with van der Waals surface area (Å²) in [7, 11) is 0. The number of nitriles is 1. The van der Waals surface area contributed by atoms with Gasteiger partial charge in [0.2, 0.25) is 0 Å². The zero-order chi connectivity index (χ0) is 13.1. The van der Waals surface area contributed by atoms with E-state index < -0.39 is 0 Å². The van der Waals surface area contributed by atoms with Gasteiger partial charge in [0.15, 0.2) is 0 Å². The van der Waals surface area contributed by atoms with Crippen molar-refractivity contribution in [3.8, 4) is 6.07 Å². The first-order valence-corrected chi connectivity index (χ1v) is 6.89. The van der Waals surface area contributed by atoms with Crippen molar-refractivity contribution in [2.24, 2.45) is 0 Å². The minimum atomic E-state index is 0.691. The number of aryl methyl sites for hydroxylation is 1. The number of hydrogen-bond donors (Lipinski definition) is 1. The summed E-state index contributed by atoms with van der Waals surface area (Å²) >= 11 is 0. The Balaban J connectivity index is 2.17. The highest BCUT2D eigenvalue weighted by Crippen LogP contribution is 2.02. The fraction of sp³-hybridized carbons (Fsp3) is 0.714. The van der Waals surface area contributed by atoms with Gasteiger partial charge in [0.25, 0.3) is 5.82 Å². The van der Waals surface area contributed by atoms with Crippen LogP contribution < -0.4 is 4.57 Å². The average Bonchev–Trinajstić information content (AvgIpc) is 2.82. The van der Waals surface area contributed by atoms with Crippen LogP contribution in [0.5, 0.6) is 0 Å². The topological polar surface area (TPSA) is 52.7 Å². The highest BCUT2D eigenvalue weighted by atomic mass is 16.5. The molecule has 0 atom stereocenters. The average molecular weight is 250 g/mol. The maximum Gasteiger partial charge on any atom is 0.256 e. The normalized spacial score (nSPS) is 10.4. The summed E-state index contributed by atoms with van der Waals surface area (Å²) < 4.78 is 7.63. The molecule has 0 aromatic carbocycles. The Morgan fingerprint density at radius 3 is 2.94 bits per heavy atom.